The molecule has 0 aliphatic rings. The maximum Gasteiger partial charge on any atom is 0.272 e. The number of carbonyl (C=O) groups is 2. The number of benzene rings is 2. The summed E-state index contributed by atoms with van der Waals surface area (Å²) in [4.78, 5) is 24.1. The summed E-state index contributed by atoms with van der Waals surface area (Å²) in [5, 5.41) is 3.72. The van der Waals surface area contributed by atoms with E-state index in [0.717, 1.165) is 16.7 Å². The van der Waals surface area contributed by atoms with Crippen LogP contribution in [-0.2, 0) is 7.05 Å². The number of fused-ring (bicyclic) bond motifs is 1. The van der Waals surface area contributed by atoms with Crippen molar-refractivity contribution in [3.05, 3.63) is 59.8 Å². The topological polar surface area (TPSA) is 60.3 Å². The number of aryl methyl sites for hydroxylation is 1. The minimum absolute atomic E-state index is 0.0413. The van der Waals surface area contributed by atoms with Crippen molar-refractivity contribution < 1.29 is 14.3 Å². The second-order valence-corrected chi connectivity index (χ2v) is 5.57. The summed E-state index contributed by atoms with van der Waals surface area (Å²) in [7, 11) is 3.44. The van der Waals surface area contributed by atoms with Crippen LogP contribution >= 0.6 is 0 Å². The number of ketones is 1. The first-order chi connectivity index (χ1) is 11.5. The molecule has 2 aromatic carbocycles. The molecule has 5 nitrogen and oxygen atoms in total. The molecule has 0 fully saturated rings. The van der Waals surface area contributed by atoms with Crippen molar-refractivity contribution in [2.24, 2.45) is 7.05 Å². The van der Waals surface area contributed by atoms with Crippen LogP contribution in [0.25, 0.3) is 10.9 Å². The van der Waals surface area contributed by atoms with E-state index in [4.69, 9.17) is 4.74 Å². The van der Waals surface area contributed by atoms with E-state index in [1.165, 1.54) is 6.92 Å². The van der Waals surface area contributed by atoms with Crippen molar-refractivity contribution in [1.82, 2.24) is 4.57 Å². The Morgan fingerprint density at radius 3 is 2.54 bits per heavy atom. The van der Waals surface area contributed by atoms with Gasteiger partial charge in [0.25, 0.3) is 5.91 Å². The van der Waals surface area contributed by atoms with Crippen LogP contribution in [0, 0.1) is 0 Å². The predicted octanol–water partition coefficient (Wildman–Crippen LogP) is 3.64. The molecule has 0 atom stereocenters. The van der Waals surface area contributed by atoms with Crippen LogP contribution < -0.4 is 10.1 Å². The van der Waals surface area contributed by atoms with Gasteiger partial charge in [-0.25, -0.2) is 0 Å². The lowest BCUT2D eigenvalue weighted by Gasteiger charge is -2.07. The first-order valence-electron chi connectivity index (χ1n) is 7.56. The van der Waals surface area contributed by atoms with Crippen molar-refractivity contribution in [3.63, 3.8) is 0 Å². The number of aromatic nitrogens is 1. The van der Waals surface area contributed by atoms with E-state index in [-0.39, 0.29) is 11.7 Å². The van der Waals surface area contributed by atoms with Gasteiger partial charge < -0.3 is 14.6 Å². The van der Waals surface area contributed by atoms with Gasteiger partial charge in [-0.1, -0.05) is 18.2 Å². The van der Waals surface area contributed by atoms with Crippen LogP contribution in [0.5, 0.6) is 5.75 Å². The Hall–Kier alpha value is -3.08. The van der Waals surface area contributed by atoms with Gasteiger partial charge in [0, 0.05) is 23.7 Å². The Morgan fingerprint density at radius 2 is 1.83 bits per heavy atom. The number of ether oxygens (including phenoxy) is 1. The fraction of sp³-hybridized carbons (Fsp3) is 0.158. The molecule has 1 heterocycles. The summed E-state index contributed by atoms with van der Waals surface area (Å²) in [6.07, 6.45) is 0. The molecule has 3 aromatic rings. The molecule has 1 N–H and O–H groups in total. The Morgan fingerprint density at radius 1 is 1.08 bits per heavy atom. The van der Waals surface area contributed by atoms with Crippen molar-refractivity contribution >= 4 is 28.3 Å². The van der Waals surface area contributed by atoms with Crippen LogP contribution in [0.15, 0.2) is 48.5 Å². The Balaban J connectivity index is 1.96. The highest BCUT2D eigenvalue weighted by Gasteiger charge is 2.16. The third-order valence-corrected chi connectivity index (χ3v) is 4.03. The molecule has 1 amide bonds. The highest BCUT2D eigenvalue weighted by atomic mass is 16.5. The number of hydrogen-bond donors (Lipinski definition) is 1. The SMILES string of the molecule is COc1cccc2c1cc(C(=O)Nc1cccc(C(C)=O)c1)n2C. The molecule has 122 valence electrons. The highest BCUT2D eigenvalue weighted by Crippen LogP contribution is 2.28. The summed E-state index contributed by atoms with van der Waals surface area (Å²) >= 11 is 0. The highest BCUT2D eigenvalue weighted by molar-refractivity contribution is 6.07. The molecule has 0 aliphatic heterocycles. The van der Waals surface area contributed by atoms with Crippen LogP contribution in [0.2, 0.25) is 0 Å². The zero-order valence-corrected chi connectivity index (χ0v) is 13.8. The molecule has 0 radical (unpaired) electrons. The van der Waals surface area contributed by atoms with Gasteiger partial charge in [-0.2, -0.15) is 0 Å². The van der Waals surface area contributed by atoms with E-state index < -0.39 is 0 Å². The van der Waals surface area contributed by atoms with Crippen LogP contribution in [0.3, 0.4) is 0 Å². The van der Waals surface area contributed by atoms with Crippen LogP contribution in [-0.4, -0.2) is 23.4 Å². The molecule has 0 bridgehead atoms. The zero-order valence-electron chi connectivity index (χ0n) is 13.8. The van der Waals surface area contributed by atoms with Gasteiger partial charge >= 0.3 is 0 Å². The molecular weight excluding hydrogens is 304 g/mol. The molecular formula is C19H18N2O3. The number of nitrogens with zero attached hydrogens (tertiary/aromatic N) is 1. The van der Waals surface area contributed by atoms with Crippen molar-refractivity contribution in [1.29, 1.82) is 0 Å². The fourth-order valence-corrected chi connectivity index (χ4v) is 2.74. The Kier molecular flexibility index (Phi) is 4.08. The Bertz CT molecular complexity index is 941. The van der Waals surface area contributed by atoms with Gasteiger partial charge in [0.15, 0.2) is 5.78 Å². The van der Waals surface area contributed by atoms with Gasteiger partial charge in [-0.3, -0.25) is 9.59 Å². The van der Waals surface area contributed by atoms with E-state index in [2.05, 4.69) is 5.32 Å². The smallest absolute Gasteiger partial charge is 0.272 e. The lowest BCUT2D eigenvalue weighted by atomic mass is 10.1. The number of carbonyl (C=O) groups excluding carboxylic acids is 2. The van der Waals surface area contributed by atoms with Gasteiger partial charge in [0.2, 0.25) is 0 Å². The molecule has 0 spiro atoms. The van der Waals surface area contributed by atoms with Crippen molar-refractivity contribution in [2.75, 3.05) is 12.4 Å². The normalized spacial score (nSPS) is 10.6. The standard InChI is InChI=1S/C19H18N2O3/c1-12(22)13-6-4-7-14(10-13)20-19(23)17-11-15-16(21(17)2)8-5-9-18(15)24-3/h4-11H,1-3H3,(H,20,23). The average molecular weight is 322 g/mol. The van der Waals surface area contributed by atoms with Crippen molar-refractivity contribution in [2.45, 2.75) is 6.92 Å². The molecule has 5 heteroatoms. The number of amides is 1. The third kappa shape index (κ3) is 2.76. The van der Waals surface area contributed by atoms with Crippen LogP contribution in [0.4, 0.5) is 5.69 Å². The van der Waals surface area contributed by atoms with E-state index in [1.54, 1.807) is 37.4 Å². The summed E-state index contributed by atoms with van der Waals surface area (Å²) in [5.74, 6) is 0.442. The van der Waals surface area contributed by atoms with E-state index >= 15 is 0 Å². The Labute approximate surface area is 139 Å². The summed E-state index contributed by atoms with van der Waals surface area (Å²) in [5.41, 5.74) is 2.58. The largest absolute Gasteiger partial charge is 0.496 e. The van der Waals surface area contributed by atoms with E-state index in [9.17, 15) is 9.59 Å². The zero-order chi connectivity index (χ0) is 17.3. The third-order valence-electron chi connectivity index (χ3n) is 4.03. The first-order valence-corrected chi connectivity index (χ1v) is 7.56. The molecule has 0 aliphatic carbocycles. The molecule has 0 unspecified atom stereocenters. The predicted molar refractivity (Wildman–Crippen MR) is 93.9 cm³/mol. The molecule has 0 saturated carbocycles. The monoisotopic (exact) mass is 322 g/mol. The number of rotatable bonds is 4. The number of Topliss-reactive ketones (excluding diaryl/α,β-unsaturated/α-hetero) is 1. The lowest BCUT2D eigenvalue weighted by molar-refractivity contribution is 0.100. The van der Waals surface area contributed by atoms with Gasteiger partial charge in [0.05, 0.1) is 12.6 Å². The number of hydrogen-bond acceptors (Lipinski definition) is 3. The fourth-order valence-electron chi connectivity index (χ4n) is 2.74. The molecule has 1 aromatic heterocycles. The second-order valence-electron chi connectivity index (χ2n) is 5.57. The van der Waals surface area contributed by atoms with Crippen LogP contribution in [0.1, 0.15) is 27.8 Å². The number of anilines is 1. The minimum Gasteiger partial charge on any atom is -0.496 e. The lowest BCUT2D eigenvalue weighted by Crippen LogP contribution is -2.15. The quantitative estimate of drug-likeness (QED) is 0.746. The maximum atomic E-state index is 12.6. The molecule has 24 heavy (non-hydrogen) atoms. The van der Waals surface area contributed by atoms with Gasteiger partial charge in [-0.15, -0.1) is 0 Å². The van der Waals surface area contributed by atoms with Gasteiger partial charge in [-0.05, 0) is 37.3 Å². The maximum absolute atomic E-state index is 12.6. The number of methoxy groups -OCH3 is 1. The summed E-state index contributed by atoms with van der Waals surface area (Å²) in [6.45, 7) is 1.50. The number of nitrogens with one attached hydrogen (secondary N) is 1. The van der Waals surface area contributed by atoms with Gasteiger partial charge in [0.1, 0.15) is 11.4 Å². The second kappa shape index (κ2) is 6.20. The van der Waals surface area contributed by atoms with Crippen molar-refractivity contribution in [3.8, 4) is 5.75 Å². The van der Waals surface area contributed by atoms with E-state index in [0.29, 0.717) is 16.9 Å². The van der Waals surface area contributed by atoms with E-state index in [1.807, 2.05) is 29.8 Å². The molecule has 0 saturated heterocycles. The first kappa shape index (κ1) is 15.8. The minimum atomic E-state index is -0.239. The molecule has 3 rings (SSSR count). The summed E-state index contributed by atoms with van der Waals surface area (Å²) < 4.78 is 7.17. The summed E-state index contributed by atoms with van der Waals surface area (Å²) in [6, 6.07) is 14.4. The average Bonchev–Trinajstić information content (AvgIpc) is 2.92.